The molecule has 0 spiro atoms. The standard InChI is InChI=1S/C8H18N2O/c1-8(2)6-10(3)4-7(5-11)9-8/h7,9,11H,4-6H2,1-3H3. The van der Waals surface area contributed by atoms with Crippen LogP contribution in [0, 0.1) is 0 Å². The predicted octanol–water partition coefficient (Wildman–Crippen LogP) is -0.339. The molecule has 1 saturated heterocycles. The minimum atomic E-state index is 0.139. The van der Waals surface area contributed by atoms with Gasteiger partial charge in [0, 0.05) is 24.7 Å². The number of nitrogens with zero attached hydrogens (tertiary/aromatic N) is 1. The molecule has 1 aliphatic rings. The number of aliphatic hydroxyl groups is 1. The quantitative estimate of drug-likeness (QED) is 0.548. The molecule has 0 aromatic carbocycles. The van der Waals surface area contributed by atoms with Crippen molar-refractivity contribution in [2.24, 2.45) is 0 Å². The largest absolute Gasteiger partial charge is 0.395 e. The van der Waals surface area contributed by atoms with E-state index in [-0.39, 0.29) is 18.2 Å². The first-order valence-electron chi connectivity index (χ1n) is 4.10. The van der Waals surface area contributed by atoms with Crippen LogP contribution in [0.4, 0.5) is 0 Å². The minimum Gasteiger partial charge on any atom is -0.395 e. The van der Waals surface area contributed by atoms with Crippen molar-refractivity contribution in [1.29, 1.82) is 0 Å². The highest BCUT2D eigenvalue weighted by atomic mass is 16.3. The van der Waals surface area contributed by atoms with E-state index in [0.29, 0.717) is 0 Å². The van der Waals surface area contributed by atoms with Gasteiger partial charge in [-0.2, -0.15) is 0 Å². The number of aliphatic hydroxyl groups excluding tert-OH is 1. The molecular formula is C8H18N2O. The Morgan fingerprint density at radius 2 is 2.27 bits per heavy atom. The fourth-order valence-corrected chi connectivity index (χ4v) is 1.86. The van der Waals surface area contributed by atoms with Gasteiger partial charge in [0.2, 0.25) is 0 Å². The number of piperazine rings is 1. The highest BCUT2D eigenvalue weighted by Gasteiger charge is 2.29. The summed E-state index contributed by atoms with van der Waals surface area (Å²) in [4.78, 5) is 2.25. The Morgan fingerprint density at radius 3 is 2.73 bits per heavy atom. The fraction of sp³-hybridized carbons (Fsp3) is 1.00. The first-order valence-corrected chi connectivity index (χ1v) is 4.10. The van der Waals surface area contributed by atoms with Gasteiger partial charge in [0.15, 0.2) is 0 Å². The third-order valence-corrected chi connectivity index (χ3v) is 2.01. The van der Waals surface area contributed by atoms with E-state index < -0.39 is 0 Å². The predicted molar refractivity (Wildman–Crippen MR) is 45.6 cm³/mol. The zero-order chi connectivity index (χ0) is 8.48. The third-order valence-electron chi connectivity index (χ3n) is 2.01. The number of hydrogen-bond donors (Lipinski definition) is 2. The SMILES string of the molecule is CN1CC(CO)NC(C)(C)C1. The summed E-state index contributed by atoms with van der Waals surface area (Å²) in [7, 11) is 2.09. The average molecular weight is 158 g/mol. The lowest BCUT2D eigenvalue weighted by atomic mass is 9.99. The van der Waals surface area contributed by atoms with Gasteiger partial charge in [-0.3, -0.25) is 0 Å². The zero-order valence-corrected chi connectivity index (χ0v) is 7.59. The maximum Gasteiger partial charge on any atom is 0.0597 e. The summed E-state index contributed by atoms with van der Waals surface area (Å²) in [6, 6.07) is 0.240. The van der Waals surface area contributed by atoms with Gasteiger partial charge >= 0.3 is 0 Å². The van der Waals surface area contributed by atoms with Crippen LogP contribution in [0.5, 0.6) is 0 Å². The Bertz CT molecular complexity index is 136. The summed E-state index contributed by atoms with van der Waals surface area (Å²) < 4.78 is 0. The first-order chi connectivity index (χ1) is 5.03. The van der Waals surface area contributed by atoms with Gasteiger partial charge in [0.25, 0.3) is 0 Å². The molecule has 3 heteroatoms. The fourth-order valence-electron chi connectivity index (χ4n) is 1.86. The summed E-state index contributed by atoms with van der Waals surface area (Å²) in [5, 5.41) is 12.3. The molecule has 1 atom stereocenters. The molecule has 3 nitrogen and oxygen atoms in total. The van der Waals surface area contributed by atoms with Crippen LogP contribution in [0.1, 0.15) is 13.8 Å². The van der Waals surface area contributed by atoms with Crippen LogP contribution in [-0.4, -0.2) is 48.3 Å². The summed E-state index contributed by atoms with van der Waals surface area (Å²) in [6.45, 7) is 6.54. The summed E-state index contributed by atoms with van der Waals surface area (Å²) in [5.74, 6) is 0. The maximum atomic E-state index is 8.95. The zero-order valence-electron chi connectivity index (χ0n) is 7.59. The van der Waals surface area contributed by atoms with E-state index in [2.05, 4.69) is 31.1 Å². The molecular weight excluding hydrogens is 140 g/mol. The van der Waals surface area contributed by atoms with Crippen molar-refractivity contribution in [2.75, 3.05) is 26.7 Å². The lowest BCUT2D eigenvalue weighted by Gasteiger charge is -2.41. The van der Waals surface area contributed by atoms with Crippen molar-refractivity contribution in [3.8, 4) is 0 Å². The molecule has 1 rings (SSSR count). The van der Waals surface area contributed by atoms with Crippen LogP contribution in [0.15, 0.2) is 0 Å². The molecule has 66 valence electrons. The molecule has 0 bridgehead atoms. The van der Waals surface area contributed by atoms with E-state index in [1.807, 2.05) is 0 Å². The molecule has 1 aliphatic heterocycles. The van der Waals surface area contributed by atoms with Gasteiger partial charge in [0.1, 0.15) is 0 Å². The first kappa shape index (κ1) is 8.97. The summed E-state index contributed by atoms with van der Waals surface area (Å²) >= 11 is 0. The van der Waals surface area contributed by atoms with Crippen molar-refractivity contribution < 1.29 is 5.11 Å². The van der Waals surface area contributed by atoms with Crippen molar-refractivity contribution >= 4 is 0 Å². The number of rotatable bonds is 1. The van der Waals surface area contributed by atoms with Crippen molar-refractivity contribution in [2.45, 2.75) is 25.4 Å². The smallest absolute Gasteiger partial charge is 0.0597 e. The Balaban J connectivity index is 2.51. The molecule has 0 aliphatic carbocycles. The minimum absolute atomic E-state index is 0.139. The molecule has 2 N–H and O–H groups in total. The lowest BCUT2D eigenvalue weighted by Crippen LogP contribution is -2.62. The van der Waals surface area contributed by atoms with E-state index in [1.165, 1.54) is 0 Å². The van der Waals surface area contributed by atoms with Gasteiger partial charge < -0.3 is 15.3 Å². The van der Waals surface area contributed by atoms with Crippen LogP contribution >= 0.6 is 0 Å². The molecule has 11 heavy (non-hydrogen) atoms. The van der Waals surface area contributed by atoms with E-state index in [9.17, 15) is 0 Å². The molecule has 1 fully saturated rings. The molecule has 0 aromatic heterocycles. The van der Waals surface area contributed by atoms with E-state index in [0.717, 1.165) is 13.1 Å². The van der Waals surface area contributed by atoms with Crippen LogP contribution in [0.3, 0.4) is 0 Å². The normalized spacial score (nSPS) is 32.2. The van der Waals surface area contributed by atoms with Crippen molar-refractivity contribution in [3.63, 3.8) is 0 Å². The highest BCUT2D eigenvalue weighted by molar-refractivity contribution is 4.90. The van der Waals surface area contributed by atoms with E-state index in [1.54, 1.807) is 0 Å². The second-order valence-corrected chi connectivity index (χ2v) is 4.10. The highest BCUT2D eigenvalue weighted by Crippen LogP contribution is 2.11. The Labute approximate surface area is 68.4 Å². The van der Waals surface area contributed by atoms with Crippen LogP contribution < -0.4 is 5.32 Å². The molecule has 1 heterocycles. The number of likely N-dealkylation sites (N-methyl/N-ethyl adjacent to an activating group) is 1. The molecule has 0 saturated carbocycles. The average Bonchev–Trinajstić information content (AvgIpc) is 1.83. The molecule has 1 unspecified atom stereocenters. The van der Waals surface area contributed by atoms with Crippen LogP contribution in [0.2, 0.25) is 0 Å². The number of nitrogens with one attached hydrogen (secondary N) is 1. The summed E-state index contributed by atoms with van der Waals surface area (Å²) in [5.41, 5.74) is 0.139. The van der Waals surface area contributed by atoms with E-state index in [4.69, 9.17) is 5.11 Å². The molecule has 0 radical (unpaired) electrons. The monoisotopic (exact) mass is 158 g/mol. The third kappa shape index (κ3) is 2.43. The van der Waals surface area contributed by atoms with Gasteiger partial charge in [-0.1, -0.05) is 0 Å². The van der Waals surface area contributed by atoms with Gasteiger partial charge in [-0.05, 0) is 20.9 Å². The Hall–Kier alpha value is -0.120. The molecule has 0 amide bonds. The van der Waals surface area contributed by atoms with E-state index >= 15 is 0 Å². The Morgan fingerprint density at radius 1 is 1.64 bits per heavy atom. The van der Waals surface area contributed by atoms with Crippen molar-refractivity contribution in [1.82, 2.24) is 10.2 Å². The molecule has 0 aromatic rings. The lowest BCUT2D eigenvalue weighted by molar-refractivity contribution is 0.104. The van der Waals surface area contributed by atoms with Crippen molar-refractivity contribution in [3.05, 3.63) is 0 Å². The van der Waals surface area contributed by atoms with Gasteiger partial charge in [-0.15, -0.1) is 0 Å². The van der Waals surface area contributed by atoms with Gasteiger partial charge in [0.05, 0.1) is 6.61 Å². The maximum absolute atomic E-state index is 8.95. The summed E-state index contributed by atoms with van der Waals surface area (Å²) in [6.07, 6.45) is 0. The van der Waals surface area contributed by atoms with Crippen LogP contribution in [0.25, 0.3) is 0 Å². The number of hydrogen-bond acceptors (Lipinski definition) is 3. The topological polar surface area (TPSA) is 35.5 Å². The Kier molecular flexibility index (Phi) is 2.52. The van der Waals surface area contributed by atoms with Gasteiger partial charge in [-0.25, -0.2) is 0 Å². The van der Waals surface area contributed by atoms with Crippen LogP contribution in [-0.2, 0) is 0 Å². The second-order valence-electron chi connectivity index (χ2n) is 4.10. The second kappa shape index (κ2) is 3.09.